The minimum absolute atomic E-state index is 0.0174. The molecule has 1 N–H and O–H groups in total. The number of amides is 2. The van der Waals surface area contributed by atoms with Crippen molar-refractivity contribution in [3.8, 4) is 0 Å². The molecule has 2 amide bonds. The smallest absolute Gasteiger partial charge is 0.317 e. The number of rotatable bonds is 2. The Balaban J connectivity index is 1.74. The highest BCUT2D eigenvalue weighted by molar-refractivity contribution is 5.95. The number of hydrogen-bond acceptors (Lipinski definition) is 2. The summed E-state index contributed by atoms with van der Waals surface area (Å²) >= 11 is 0. The van der Waals surface area contributed by atoms with Gasteiger partial charge in [0.2, 0.25) is 0 Å². The van der Waals surface area contributed by atoms with Crippen molar-refractivity contribution in [2.24, 2.45) is 0 Å². The zero-order valence-electron chi connectivity index (χ0n) is 13.7. The Kier molecular flexibility index (Phi) is 4.34. The van der Waals surface area contributed by atoms with Crippen LogP contribution in [0.25, 0.3) is 0 Å². The van der Waals surface area contributed by atoms with Gasteiger partial charge in [-0.05, 0) is 67.8 Å². The molecule has 0 saturated heterocycles. The van der Waals surface area contributed by atoms with Gasteiger partial charge in [-0.3, -0.25) is 4.79 Å². The molecule has 0 bridgehead atoms. The molecule has 0 radical (unpaired) electrons. The Hall–Kier alpha value is -2.69. The quantitative estimate of drug-likeness (QED) is 0.848. The van der Waals surface area contributed by atoms with Crippen molar-refractivity contribution < 1.29 is 14.0 Å². The molecule has 1 atom stereocenters. The van der Waals surface area contributed by atoms with E-state index < -0.39 is 0 Å². The van der Waals surface area contributed by atoms with Gasteiger partial charge in [0.15, 0.2) is 5.78 Å². The number of halogens is 1. The lowest BCUT2D eigenvalue weighted by Crippen LogP contribution is -2.44. The van der Waals surface area contributed by atoms with Crippen LogP contribution in [0.2, 0.25) is 0 Å². The summed E-state index contributed by atoms with van der Waals surface area (Å²) in [4.78, 5) is 25.5. The average molecular weight is 326 g/mol. The molecule has 3 rings (SSSR count). The number of carbonyl (C=O) groups is 2. The van der Waals surface area contributed by atoms with E-state index in [9.17, 15) is 14.0 Å². The van der Waals surface area contributed by atoms with Crippen molar-refractivity contribution in [3.05, 3.63) is 65.0 Å². The molecule has 2 aromatic carbocycles. The van der Waals surface area contributed by atoms with Crippen LogP contribution in [-0.2, 0) is 13.0 Å². The summed E-state index contributed by atoms with van der Waals surface area (Å²) in [6.45, 7) is 3.86. The third-order valence-electron chi connectivity index (χ3n) is 4.36. The number of urea groups is 1. The number of hydrogen-bond donors (Lipinski definition) is 1. The van der Waals surface area contributed by atoms with Crippen LogP contribution in [0.15, 0.2) is 42.5 Å². The molecular weight excluding hydrogens is 307 g/mol. The van der Waals surface area contributed by atoms with Crippen LogP contribution in [0.1, 0.15) is 35.3 Å². The van der Waals surface area contributed by atoms with Gasteiger partial charge in [-0.1, -0.05) is 6.07 Å². The molecule has 5 heteroatoms. The van der Waals surface area contributed by atoms with Crippen molar-refractivity contribution in [1.29, 1.82) is 0 Å². The SMILES string of the molecule is CC(=O)c1ccc(NC(=O)N2Cc3cc(F)ccc3C[C@H]2C)cc1. The van der Waals surface area contributed by atoms with Crippen molar-refractivity contribution in [1.82, 2.24) is 4.90 Å². The van der Waals surface area contributed by atoms with Crippen molar-refractivity contribution >= 4 is 17.5 Å². The first-order chi connectivity index (χ1) is 11.4. The predicted molar refractivity (Wildman–Crippen MR) is 90.6 cm³/mol. The third-order valence-corrected chi connectivity index (χ3v) is 4.36. The first-order valence-electron chi connectivity index (χ1n) is 7.90. The third kappa shape index (κ3) is 3.30. The van der Waals surface area contributed by atoms with Gasteiger partial charge in [0.1, 0.15) is 5.82 Å². The molecule has 0 spiro atoms. The van der Waals surface area contributed by atoms with Crippen LogP contribution in [0.5, 0.6) is 0 Å². The van der Waals surface area contributed by atoms with E-state index >= 15 is 0 Å². The lowest BCUT2D eigenvalue weighted by Gasteiger charge is -2.35. The molecular formula is C19H19FN2O2. The summed E-state index contributed by atoms with van der Waals surface area (Å²) in [6.07, 6.45) is 0.701. The molecule has 1 heterocycles. The van der Waals surface area contributed by atoms with E-state index in [0.717, 1.165) is 11.1 Å². The zero-order valence-corrected chi connectivity index (χ0v) is 13.7. The van der Waals surface area contributed by atoms with E-state index in [-0.39, 0.29) is 23.7 Å². The van der Waals surface area contributed by atoms with Gasteiger partial charge >= 0.3 is 6.03 Å². The second-order valence-corrected chi connectivity index (χ2v) is 6.16. The van der Waals surface area contributed by atoms with Gasteiger partial charge in [-0.25, -0.2) is 9.18 Å². The summed E-state index contributed by atoms with van der Waals surface area (Å²) in [6, 6.07) is 11.3. The highest BCUT2D eigenvalue weighted by atomic mass is 19.1. The van der Waals surface area contributed by atoms with Gasteiger partial charge < -0.3 is 10.2 Å². The number of carbonyl (C=O) groups excluding carboxylic acids is 2. The summed E-state index contributed by atoms with van der Waals surface area (Å²) in [5.74, 6) is -0.306. The van der Waals surface area contributed by atoms with Gasteiger partial charge in [-0.15, -0.1) is 0 Å². The predicted octanol–water partition coefficient (Wildman–Crippen LogP) is 4.01. The zero-order chi connectivity index (χ0) is 17.3. The van der Waals surface area contributed by atoms with E-state index in [4.69, 9.17) is 0 Å². The van der Waals surface area contributed by atoms with Gasteiger partial charge in [0.25, 0.3) is 0 Å². The Bertz CT molecular complexity index is 786. The van der Waals surface area contributed by atoms with Crippen LogP contribution in [-0.4, -0.2) is 22.8 Å². The number of benzene rings is 2. The number of nitrogens with zero attached hydrogens (tertiary/aromatic N) is 1. The van der Waals surface area contributed by atoms with E-state index in [2.05, 4.69) is 5.32 Å². The molecule has 2 aromatic rings. The van der Waals surface area contributed by atoms with Gasteiger partial charge in [0.05, 0.1) is 0 Å². The molecule has 0 saturated carbocycles. The van der Waals surface area contributed by atoms with Crippen LogP contribution < -0.4 is 5.32 Å². The highest BCUT2D eigenvalue weighted by Gasteiger charge is 2.27. The summed E-state index contributed by atoms with van der Waals surface area (Å²) in [5.41, 5.74) is 3.15. The Morgan fingerprint density at radius 1 is 1.12 bits per heavy atom. The molecule has 1 aliphatic rings. The topological polar surface area (TPSA) is 49.4 Å². The second-order valence-electron chi connectivity index (χ2n) is 6.16. The molecule has 0 fully saturated rings. The standard InChI is InChI=1S/C19H19FN2O2/c1-12-9-15-3-6-17(20)10-16(15)11-22(12)19(24)21-18-7-4-14(5-8-18)13(2)23/h3-8,10,12H,9,11H2,1-2H3,(H,21,24)/t12-/m1/s1. The number of fused-ring (bicyclic) bond motifs is 1. The van der Waals surface area contributed by atoms with E-state index in [1.165, 1.54) is 19.1 Å². The van der Waals surface area contributed by atoms with Crippen LogP contribution in [0.3, 0.4) is 0 Å². The largest absolute Gasteiger partial charge is 0.322 e. The lowest BCUT2D eigenvalue weighted by atomic mass is 9.95. The molecule has 24 heavy (non-hydrogen) atoms. The normalized spacial score (nSPS) is 16.5. The number of ketones is 1. The minimum Gasteiger partial charge on any atom is -0.317 e. The molecule has 1 aliphatic heterocycles. The molecule has 124 valence electrons. The summed E-state index contributed by atoms with van der Waals surface area (Å²) < 4.78 is 13.4. The molecule has 4 nitrogen and oxygen atoms in total. The fourth-order valence-corrected chi connectivity index (χ4v) is 2.96. The summed E-state index contributed by atoms with van der Waals surface area (Å²) in [5, 5.41) is 2.84. The van der Waals surface area contributed by atoms with Gasteiger partial charge in [-0.2, -0.15) is 0 Å². The molecule has 0 unspecified atom stereocenters. The molecule has 0 aliphatic carbocycles. The lowest BCUT2D eigenvalue weighted by molar-refractivity contribution is 0.101. The highest BCUT2D eigenvalue weighted by Crippen LogP contribution is 2.25. The molecule has 0 aromatic heterocycles. The van der Waals surface area contributed by atoms with Crippen LogP contribution in [0, 0.1) is 5.82 Å². The minimum atomic E-state index is -0.288. The maximum atomic E-state index is 13.4. The fraction of sp³-hybridized carbons (Fsp3) is 0.263. The van der Waals surface area contributed by atoms with Crippen LogP contribution in [0.4, 0.5) is 14.9 Å². The fourth-order valence-electron chi connectivity index (χ4n) is 2.96. The Labute approximate surface area is 140 Å². The van der Waals surface area contributed by atoms with E-state index in [1.807, 2.05) is 6.92 Å². The maximum absolute atomic E-state index is 13.4. The van der Waals surface area contributed by atoms with Crippen LogP contribution >= 0.6 is 0 Å². The van der Waals surface area contributed by atoms with Crippen molar-refractivity contribution in [3.63, 3.8) is 0 Å². The average Bonchev–Trinajstić information content (AvgIpc) is 2.55. The van der Waals surface area contributed by atoms with E-state index in [1.54, 1.807) is 35.2 Å². The Morgan fingerprint density at radius 3 is 2.50 bits per heavy atom. The van der Waals surface area contributed by atoms with Gasteiger partial charge in [0, 0.05) is 23.8 Å². The number of nitrogens with one attached hydrogen (secondary N) is 1. The number of Topliss-reactive ketones (excluding diaryl/α,β-unsaturated/α-hetero) is 1. The monoisotopic (exact) mass is 326 g/mol. The Morgan fingerprint density at radius 2 is 1.83 bits per heavy atom. The first-order valence-corrected chi connectivity index (χ1v) is 7.90. The summed E-state index contributed by atoms with van der Waals surface area (Å²) in [7, 11) is 0. The van der Waals surface area contributed by atoms with Crippen molar-refractivity contribution in [2.75, 3.05) is 5.32 Å². The second kappa shape index (κ2) is 6.43. The maximum Gasteiger partial charge on any atom is 0.322 e. The van der Waals surface area contributed by atoms with E-state index in [0.29, 0.717) is 24.2 Å². The number of anilines is 1. The van der Waals surface area contributed by atoms with Crippen molar-refractivity contribution in [2.45, 2.75) is 32.9 Å². The first kappa shape index (κ1) is 16.2.